The van der Waals surface area contributed by atoms with Gasteiger partial charge < -0.3 is 19.7 Å². The Labute approximate surface area is 164 Å². The van der Waals surface area contributed by atoms with Crippen molar-refractivity contribution in [3.63, 3.8) is 0 Å². The lowest BCUT2D eigenvalue weighted by molar-refractivity contribution is -0.133. The summed E-state index contributed by atoms with van der Waals surface area (Å²) in [7, 11) is 4.79. The predicted molar refractivity (Wildman–Crippen MR) is 106 cm³/mol. The molecule has 0 fully saturated rings. The molecule has 0 radical (unpaired) electrons. The van der Waals surface area contributed by atoms with Gasteiger partial charge in [-0.1, -0.05) is 13.8 Å². The van der Waals surface area contributed by atoms with Gasteiger partial charge in [0.05, 0.1) is 14.2 Å². The van der Waals surface area contributed by atoms with Gasteiger partial charge in [0.15, 0.2) is 0 Å². The molecule has 0 spiro atoms. The molecule has 1 aromatic heterocycles. The van der Waals surface area contributed by atoms with Crippen LogP contribution in [-0.2, 0) is 11.3 Å². The average Bonchev–Trinajstić information content (AvgIpc) is 3.17. The molecule has 1 atom stereocenters. The fourth-order valence-corrected chi connectivity index (χ4v) is 3.31. The molecule has 0 unspecified atom stereocenters. The second-order valence-corrected chi connectivity index (χ2v) is 7.40. The lowest BCUT2D eigenvalue weighted by Crippen LogP contribution is -2.50. The van der Waals surface area contributed by atoms with Crippen molar-refractivity contribution in [3.8, 4) is 11.5 Å². The Morgan fingerprint density at radius 1 is 1.15 bits per heavy atom. The molecular weight excluding hydrogens is 364 g/mol. The fourth-order valence-electron chi connectivity index (χ4n) is 2.65. The van der Waals surface area contributed by atoms with Gasteiger partial charge >= 0.3 is 0 Å². The summed E-state index contributed by atoms with van der Waals surface area (Å²) in [5, 5.41) is 6.84. The van der Waals surface area contributed by atoms with E-state index in [9.17, 15) is 9.59 Å². The van der Waals surface area contributed by atoms with E-state index in [1.54, 1.807) is 41.5 Å². The smallest absolute Gasteiger partial charge is 0.252 e. The van der Waals surface area contributed by atoms with Crippen LogP contribution >= 0.6 is 11.3 Å². The molecule has 0 aliphatic carbocycles. The van der Waals surface area contributed by atoms with Crippen LogP contribution < -0.4 is 14.8 Å². The number of rotatable bonds is 8. The number of likely N-dealkylation sites (N-methyl/N-ethyl adjacent to an activating group) is 1. The minimum Gasteiger partial charge on any atom is -0.497 e. The Morgan fingerprint density at radius 2 is 1.78 bits per heavy atom. The quantitative estimate of drug-likeness (QED) is 0.752. The summed E-state index contributed by atoms with van der Waals surface area (Å²) in [6.07, 6.45) is 0. The van der Waals surface area contributed by atoms with Gasteiger partial charge in [-0.3, -0.25) is 9.59 Å². The number of nitrogens with one attached hydrogen (secondary N) is 1. The molecule has 0 saturated heterocycles. The molecule has 0 saturated carbocycles. The summed E-state index contributed by atoms with van der Waals surface area (Å²) in [6, 6.07) is 6.29. The van der Waals surface area contributed by atoms with Crippen LogP contribution in [0.25, 0.3) is 0 Å². The van der Waals surface area contributed by atoms with Crippen LogP contribution in [0.5, 0.6) is 11.5 Å². The highest BCUT2D eigenvalue weighted by atomic mass is 32.1. The number of amides is 2. The first-order valence-corrected chi connectivity index (χ1v) is 9.60. The number of ether oxygens (including phenoxy) is 2. The first-order chi connectivity index (χ1) is 12.8. The van der Waals surface area contributed by atoms with Crippen molar-refractivity contribution in [3.05, 3.63) is 46.2 Å². The van der Waals surface area contributed by atoms with Gasteiger partial charge in [0.25, 0.3) is 5.91 Å². The average molecular weight is 391 g/mol. The first kappa shape index (κ1) is 20.8. The maximum atomic E-state index is 12.9. The topological polar surface area (TPSA) is 67.9 Å². The van der Waals surface area contributed by atoms with Gasteiger partial charge in [0.1, 0.15) is 17.5 Å². The Kier molecular flexibility index (Phi) is 7.24. The molecule has 0 bridgehead atoms. The van der Waals surface area contributed by atoms with E-state index in [4.69, 9.17) is 9.47 Å². The highest BCUT2D eigenvalue weighted by molar-refractivity contribution is 7.07. The summed E-state index contributed by atoms with van der Waals surface area (Å²) >= 11 is 1.59. The Morgan fingerprint density at radius 3 is 2.26 bits per heavy atom. The molecule has 1 N–H and O–H groups in total. The molecule has 146 valence electrons. The van der Waals surface area contributed by atoms with Crippen LogP contribution in [0.1, 0.15) is 29.8 Å². The monoisotopic (exact) mass is 390 g/mol. The summed E-state index contributed by atoms with van der Waals surface area (Å²) in [6.45, 7) is 4.33. The van der Waals surface area contributed by atoms with E-state index in [0.717, 1.165) is 5.56 Å². The number of benzene rings is 1. The number of hydrogen-bond donors (Lipinski definition) is 1. The van der Waals surface area contributed by atoms with E-state index in [1.807, 2.05) is 30.7 Å². The van der Waals surface area contributed by atoms with Crippen LogP contribution in [0.2, 0.25) is 0 Å². The second kappa shape index (κ2) is 9.41. The van der Waals surface area contributed by atoms with Gasteiger partial charge in [-0.25, -0.2) is 0 Å². The van der Waals surface area contributed by atoms with Crippen molar-refractivity contribution in [2.45, 2.75) is 26.4 Å². The van der Waals surface area contributed by atoms with Gasteiger partial charge in [-0.15, -0.1) is 0 Å². The lowest BCUT2D eigenvalue weighted by atomic mass is 10.0. The summed E-state index contributed by atoms with van der Waals surface area (Å²) in [4.78, 5) is 27.3. The number of hydrogen-bond acceptors (Lipinski definition) is 5. The Bertz CT molecular complexity index is 752. The second-order valence-electron chi connectivity index (χ2n) is 6.62. The molecule has 7 heteroatoms. The summed E-state index contributed by atoms with van der Waals surface area (Å²) < 4.78 is 10.4. The maximum Gasteiger partial charge on any atom is 0.252 e. The van der Waals surface area contributed by atoms with E-state index in [-0.39, 0.29) is 17.7 Å². The zero-order valence-electron chi connectivity index (χ0n) is 16.3. The normalized spacial score (nSPS) is 11.8. The van der Waals surface area contributed by atoms with E-state index in [1.165, 1.54) is 14.2 Å². The molecule has 2 aromatic rings. The molecular formula is C20H26N2O4S. The molecule has 1 heterocycles. The zero-order valence-corrected chi connectivity index (χ0v) is 17.1. The predicted octanol–water partition coefficient (Wildman–Crippen LogP) is 3.18. The highest BCUT2D eigenvalue weighted by Crippen LogP contribution is 2.23. The van der Waals surface area contributed by atoms with Gasteiger partial charge in [0, 0.05) is 25.2 Å². The van der Waals surface area contributed by atoms with Crippen molar-refractivity contribution in [2.75, 3.05) is 21.3 Å². The van der Waals surface area contributed by atoms with E-state index < -0.39 is 6.04 Å². The zero-order chi connectivity index (χ0) is 20.0. The number of nitrogens with zero attached hydrogens (tertiary/aromatic N) is 1. The molecule has 2 rings (SSSR count). The highest BCUT2D eigenvalue weighted by Gasteiger charge is 2.27. The maximum absolute atomic E-state index is 12.9. The number of carbonyl (C=O) groups excluding carboxylic acids is 2. The van der Waals surface area contributed by atoms with Crippen molar-refractivity contribution in [1.29, 1.82) is 0 Å². The van der Waals surface area contributed by atoms with Crippen LogP contribution in [-0.4, -0.2) is 44.0 Å². The molecule has 1 aromatic carbocycles. The molecule has 6 nitrogen and oxygen atoms in total. The summed E-state index contributed by atoms with van der Waals surface area (Å²) in [5.74, 6) is 0.504. The molecule has 0 aliphatic heterocycles. The van der Waals surface area contributed by atoms with E-state index >= 15 is 0 Å². The van der Waals surface area contributed by atoms with Gasteiger partial charge in [0.2, 0.25) is 5.91 Å². The van der Waals surface area contributed by atoms with Crippen LogP contribution in [0.3, 0.4) is 0 Å². The SMILES string of the molecule is COc1cc(OC)cc(C(=O)N[C@H](C(=O)N(C)Cc2ccsc2)C(C)C)c1. The number of carbonyl (C=O) groups is 2. The van der Waals surface area contributed by atoms with Crippen LogP contribution in [0.4, 0.5) is 0 Å². The third kappa shape index (κ3) is 5.47. The third-order valence-corrected chi connectivity index (χ3v) is 4.94. The lowest BCUT2D eigenvalue weighted by Gasteiger charge is -2.27. The van der Waals surface area contributed by atoms with Crippen LogP contribution in [0.15, 0.2) is 35.0 Å². The Hall–Kier alpha value is -2.54. The molecule has 27 heavy (non-hydrogen) atoms. The Balaban J connectivity index is 2.15. The van der Waals surface area contributed by atoms with E-state index in [2.05, 4.69) is 5.32 Å². The van der Waals surface area contributed by atoms with Crippen LogP contribution in [0, 0.1) is 5.92 Å². The van der Waals surface area contributed by atoms with Gasteiger partial charge in [-0.05, 0) is 40.4 Å². The molecule has 0 aliphatic rings. The largest absolute Gasteiger partial charge is 0.497 e. The van der Waals surface area contributed by atoms with Crippen molar-refractivity contribution >= 4 is 23.2 Å². The third-order valence-electron chi connectivity index (χ3n) is 4.21. The standard InChI is InChI=1S/C20H26N2O4S/c1-13(2)18(20(24)22(3)11-14-6-7-27-12-14)21-19(23)15-8-16(25-4)10-17(9-15)26-5/h6-10,12-13,18H,11H2,1-5H3,(H,21,23)/t18-/m0/s1. The number of methoxy groups -OCH3 is 2. The van der Waals surface area contributed by atoms with E-state index in [0.29, 0.717) is 23.6 Å². The van der Waals surface area contributed by atoms with Gasteiger partial charge in [-0.2, -0.15) is 11.3 Å². The first-order valence-electron chi connectivity index (χ1n) is 8.65. The van der Waals surface area contributed by atoms with Crippen molar-refractivity contribution in [2.24, 2.45) is 5.92 Å². The molecule has 2 amide bonds. The summed E-state index contributed by atoms with van der Waals surface area (Å²) in [5.41, 5.74) is 1.45. The number of thiophene rings is 1. The fraction of sp³-hybridized carbons (Fsp3) is 0.400. The van der Waals surface area contributed by atoms with Crippen molar-refractivity contribution < 1.29 is 19.1 Å². The minimum absolute atomic E-state index is 0.0566. The van der Waals surface area contributed by atoms with Crippen molar-refractivity contribution in [1.82, 2.24) is 10.2 Å². The minimum atomic E-state index is -0.627.